The van der Waals surface area contributed by atoms with E-state index in [4.69, 9.17) is 9.72 Å². The van der Waals surface area contributed by atoms with Crippen LogP contribution in [0, 0.1) is 11.7 Å². The summed E-state index contributed by atoms with van der Waals surface area (Å²) in [6.07, 6.45) is 2.92. The number of piperidine rings is 1. The first-order valence-corrected chi connectivity index (χ1v) is 11.4. The summed E-state index contributed by atoms with van der Waals surface area (Å²) in [5, 5.41) is 0. The van der Waals surface area contributed by atoms with E-state index in [1.165, 1.54) is 18.3 Å². The summed E-state index contributed by atoms with van der Waals surface area (Å²) in [5.41, 5.74) is 1.83. The van der Waals surface area contributed by atoms with Crippen LogP contribution in [0.3, 0.4) is 0 Å². The van der Waals surface area contributed by atoms with Crippen LogP contribution in [0.4, 0.5) is 15.9 Å². The Kier molecular flexibility index (Phi) is 7.15. The highest BCUT2D eigenvalue weighted by molar-refractivity contribution is 6.00. The molecule has 1 atom stereocenters. The van der Waals surface area contributed by atoms with Gasteiger partial charge in [-0.2, -0.15) is 0 Å². The van der Waals surface area contributed by atoms with E-state index in [9.17, 15) is 14.0 Å². The van der Waals surface area contributed by atoms with Crippen LogP contribution < -0.4 is 4.90 Å². The van der Waals surface area contributed by atoms with Gasteiger partial charge in [0.15, 0.2) is 5.82 Å². The number of aromatic nitrogens is 2. The average molecular weight is 463 g/mol. The van der Waals surface area contributed by atoms with E-state index in [1.807, 2.05) is 42.3 Å². The van der Waals surface area contributed by atoms with Gasteiger partial charge in [-0.3, -0.25) is 9.59 Å². The second-order valence-electron chi connectivity index (χ2n) is 8.17. The molecule has 1 fully saturated rings. The lowest BCUT2D eigenvalue weighted by atomic mass is 9.97. The average Bonchev–Trinajstić information content (AvgIpc) is 2.88. The summed E-state index contributed by atoms with van der Waals surface area (Å²) in [4.78, 5) is 38.5. The first-order chi connectivity index (χ1) is 16.5. The number of carbonyl (C=O) groups is 2. The SMILES string of the molecule is CCOC(=O)[C@@H]1CCCN(C(=O)c2cnc(-c3ccc(F)cc3)nc2N(C)c2ccccc2)C1. The Balaban J connectivity index is 1.70. The van der Waals surface area contributed by atoms with E-state index >= 15 is 0 Å². The monoisotopic (exact) mass is 462 g/mol. The molecular formula is C26H27FN4O3. The smallest absolute Gasteiger partial charge is 0.310 e. The highest BCUT2D eigenvalue weighted by atomic mass is 19.1. The fourth-order valence-corrected chi connectivity index (χ4v) is 4.08. The van der Waals surface area contributed by atoms with Gasteiger partial charge in [0, 0.05) is 37.6 Å². The number of hydrogen-bond donors (Lipinski definition) is 0. The number of para-hydroxylation sites is 1. The maximum atomic E-state index is 13.6. The van der Waals surface area contributed by atoms with E-state index in [2.05, 4.69) is 4.98 Å². The van der Waals surface area contributed by atoms with Gasteiger partial charge in [0.05, 0.1) is 12.5 Å². The highest BCUT2D eigenvalue weighted by Crippen LogP contribution is 2.29. The van der Waals surface area contributed by atoms with Gasteiger partial charge in [-0.15, -0.1) is 0 Å². The minimum absolute atomic E-state index is 0.238. The van der Waals surface area contributed by atoms with Crippen molar-refractivity contribution >= 4 is 23.4 Å². The van der Waals surface area contributed by atoms with Gasteiger partial charge in [0.2, 0.25) is 0 Å². The largest absolute Gasteiger partial charge is 0.466 e. The topological polar surface area (TPSA) is 75.6 Å². The predicted molar refractivity (Wildman–Crippen MR) is 127 cm³/mol. The quantitative estimate of drug-likeness (QED) is 0.504. The van der Waals surface area contributed by atoms with Crippen LogP contribution in [-0.4, -0.2) is 53.5 Å². The standard InChI is InChI=1S/C26H27FN4O3/c1-3-34-26(33)19-8-7-15-31(17-19)25(32)22-16-28-23(18-11-13-20(27)14-12-18)29-24(22)30(2)21-9-5-4-6-10-21/h4-6,9-14,16,19H,3,7-8,15,17H2,1-2H3/t19-/m1/s1. The number of nitrogens with zero attached hydrogens (tertiary/aromatic N) is 4. The molecule has 0 bridgehead atoms. The van der Waals surface area contributed by atoms with Crippen LogP contribution in [0.25, 0.3) is 11.4 Å². The van der Waals surface area contributed by atoms with Crippen molar-refractivity contribution in [2.45, 2.75) is 19.8 Å². The molecule has 7 nitrogen and oxygen atoms in total. The van der Waals surface area contributed by atoms with Gasteiger partial charge in [-0.25, -0.2) is 14.4 Å². The number of amides is 1. The third kappa shape index (κ3) is 5.06. The summed E-state index contributed by atoms with van der Waals surface area (Å²) in [6, 6.07) is 15.5. The molecule has 176 valence electrons. The fraction of sp³-hybridized carbons (Fsp3) is 0.308. The summed E-state index contributed by atoms with van der Waals surface area (Å²) < 4.78 is 18.6. The molecule has 3 aromatic rings. The van der Waals surface area contributed by atoms with Crippen LogP contribution >= 0.6 is 0 Å². The number of carbonyl (C=O) groups excluding carboxylic acids is 2. The van der Waals surface area contributed by atoms with Crippen molar-refractivity contribution in [3.8, 4) is 11.4 Å². The zero-order valence-electron chi connectivity index (χ0n) is 19.3. The van der Waals surface area contributed by atoms with Gasteiger partial charge >= 0.3 is 5.97 Å². The molecule has 0 radical (unpaired) electrons. The Morgan fingerprint density at radius 1 is 1.15 bits per heavy atom. The predicted octanol–water partition coefficient (Wildman–Crippen LogP) is 4.47. The lowest BCUT2D eigenvalue weighted by Crippen LogP contribution is -2.43. The van der Waals surface area contributed by atoms with Crippen molar-refractivity contribution in [1.82, 2.24) is 14.9 Å². The maximum absolute atomic E-state index is 13.6. The van der Waals surface area contributed by atoms with E-state index in [1.54, 1.807) is 24.0 Å². The fourth-order valence-electron chi connectivity index (χ4n) is 4.08. The molecule has 4 rings (SSSR count). The first kappa shape index (κ1) is 23.4. The lowest BCUT2D eigenvalue weighted by Gasteiger charge is -2.32. The van der Waals surface area contributed by atoms with Gasteiger partial charge in [-0.05, 0) is 56.2 Å². The van der Waals surface area contributed by atoms with E-state index < -0.39 is 0 Å². The van der Waals surface area contributed by atoms with Crippen LogP contribution in [0.2, 0.25) is 0 Å². The molecule has 0 spiro atoms. The third-order valence-corrected chi connectivity index (χ3v) is 5.89. The van der Waals surface area contributed by atoms with Crippen molar-refractivity contribution in [2.75, 3.05) is 31.6 Å². The first-order valence-electron chi connectivity index (χ1n) is 11.4. The molecule has 2 heterocycles. The minimum atomic E-state index is -0.349. The normalized spacial score (nSPS) is 15.6. The molecule has 1 amide bonds. The number of halogens is 1. The molecule has 1 saturated heterocycles. The minimum Gasteiger partial charge on any atom is -0.466 e. The van der Waals surface area contributed by atoms with Crippen LogP contribution in [0.1, 0.15) is 30.1 Å². The van der Waals surface area contributed by atoms with Crippen LogP contribution in [0.5, 0.6) is 0 Å². The number of hydrogen-bond acceptors (Lipinski definition) is 6. The summed E-state index contributed by atoms with van der Waals surface area (Å²) in [6.45, 7) is 2.93. The van der Waals surface area contributed by atoms with Crippen molar-refractivity contribution in [3.63, 3.8) is 0 Å². The summed E-state index contributed by atoms with van der Waals surface area (Å²) >= 11 is 0. The van der Waals surface area contributed by atoms with Crippen molar-refractivity contribution < 1.29 is 18.7 Å². The Bertz CT molecular complexity index is 1150. The molecule has 0 N–H and O–H groups in total. The Morgan fingerprint density at radius 3 is 2.59 bits per heavy atom. The van der Waals surface area contributed by atoms with Crippen molar-refractivity contribution in [2.24, 2.45) is 5.92 Å². The second-order valence-corrected chi connectivity index (χ2v) is 8.17. The molecule has 0 aliphatic carbocycles. The Hall–Kier alpha value is -3.81. The molecular weight excluding hydrogens is 435 g/mol. The van der Waals surface area contributed by atoms with Crippen LogP contribution in [0.15, 0.2) is 60.8 Å². The van der Waals surface area contributed by atoms with E-state index in [0.717, 1.165) is 5.69 Å². The third-order valence-electron chi connectivity index (χ3n) is 5.89. The summed E-state index contributed by atoms with van der Waals surface area (Å²) in [7, 11) is 1.83. The molecule has 1 aliphatic rings. The number of esters is 1. The molecule has 0 unspecified atom stereocenters. The number of likely N-dealkylation sites (tertiary alicyclic amines) is 1. The molecule has 1 aliphatic heterocycles. The summed E-state index contributed by atoms with van der Waals surface area (Å²) in [5.74, 6) is -0.381. The molecule has 8 heteroatoms. The Morgan fingerprint density at radius 2 is 1.88 bits per heavy atom. The van der Waals surface area contributed by atoms with Gasteiger partial charge < -0.3 is 14.5 Å². The second kappa shape index (κ2) is 10.4. The van der Waals surface area contributed by atoms with Gasteiger partial charge in [0.1, 0.15) is 17.2 Å². The van der Waals surface area contributed by atoms with E-state index in [-0.39, 0.29) is 23.6 Å². The van der Waals surface area contributed by atoms with Crippen molar-refractivity contribution in [3.05, 3.63) is 72.2 Å². The number of rotatable bonds is 6. The van der Waals surface area contributed by atoms with Crippen LogP contribution in [-0.2, 0) is 9.53 Å². The zero-order valence-corrected chi connectivity index (χ0v) is 19.3. The molecule has 2 aromatic carbocycles. The number of ether oxygens (including phenoxy) is 1. The van der Waals surface area contributed by atoms with Gasteiger partial charge in [-0.1, -0.05) is 18.2 Å². The highest BCUT2D eigenvalue weighted by Gasteiger charge is 2.32. The molecule has 0 saturated carbocycles. The number of benzene rings is 2. The van der Waals surface area contributed by atoms with E-state index in [0.29, 0.717) is 55.3 Å². The number of anilines is 2. The molecule has 1 aromatic heterocycles. The maximum Gasteiger partial charge on any atom is 0.310 e. The Labute approximate surface area is 198 Å². The van der Waals surface area contributed by atoms with Crippen molar-refractivity contribution in [1.29, 1.82) is 0 Å². The molecule has 34 heavy (non-hydrogen) atoms. The van der Waals surface area contributed by atoms with Gasteiger partial charge in [0.25, 0.3) is 5.91 Å². The lowest BCUT2D eigenvalue weighted by molar-refractivity contribution is -0.149. The zero-order chi connectivity index (χ0) is 24.1.